The Labute approximate surface area is 174 Å². The van der Waals surface area contributed by atoms with Crippen LogP contribution in [0.1, 0.15) is 21.5 Å². The van der Waals surface area contributed by atoms with E-state index in [0.29, 0.717) is 18.7 Å². The summed E-state index contributed by atoms with van der Waals surface area (Å²) >= 11 is 0. The molecule has 0 spiro atoms. The third-order valence-electron chi connectivity index (χ3n) is 5.69. The number of nitrogens with zero attached hydrogens (tertiary/aromatic N) is 5. The molecule has 1 fully saturated rings. The fraction of sp³-hybridized carbons (Fsp3) is 0.364. The molecule has 1 aliphatic rings. The molecule has 3 aromatic rings. The van der Waals surface area contributed by atoms with Gasteiger partial charge in [0.1, 0.15) is 5.65 Å². The number of rotatable bonds is 3. The summed E-state index contributed by atoms with van der Waals surface area (Å²) in [5.41, 5.74) is 2.28. The number of carbonyl (C=O) groups excluding carboxylic acids is 1. The zero-order valence-electron chi connectivity index (χ0n) is 17.5. The highest BCUT2D eigenvalue weighted by Gasteiger charge is 2.23. The minimum absolute atomic E-state index is 0.143. The fourth-order valence-electron chi connectivity index (χ4n) is 3.94. The van der Waals surface area contributed by atoms with Gasteiger partial charge in [-0.15, -0.1) is 0 Å². The quantitative estimate of drug-likeness (QED) is 0.645. The van der Waals surface area contributed by atoms with Crippen molar-refractivity contribution in [1.82, 2.24) is 23.9 Å². The van der Waals surface area contributed by atoms with E-state index in [1.54, 1.807) is 18.0 Å². The lowest BCUT2D eigenvalue weighted by atomic mass is 10.1. The van der Waals surface area contributed by atoms with Crippen molar-refractivity contribution in [2.75, 3.05) is 26.2 Å². The lowest BCUT2D eigenvalue weighted by Gasteiger charge is -2.34. The van der Waals surface area contributed by atoms with Gasteiger partial charge in [0.15, 0.2) is 0 Å². The van der Waals surface area contributed by atoms with E-state index in [1.165, 1.54) is 28.9 Å². The first kappa shape index (κ1) is 20.0. The molecule has 0 unspecified atom stereocenters. The molecule has 1 aliphatic heterocycles. The number of piperazine rings is 1. The Morgan fingerprint density at radius 3 is 2.47 bits per heavy atom. The number of aryl methyl sites for hydroxylation is 2. The summed E-state index contributed by atoms with van der Waals surface area (Å²) in [6.45, 7) is 5.77. The number of hydrogen-bond donors (Lipinski definition) is 0. The Morgan fingerprint density at radius 2 is 1.77 bits per heavy atom. The molecule has 0 radical (unpaired) electrons. The van der Waals surface area contributed by atoms with E-state index in [2.05, 4.69) is 41.1 Å². The van der Waals surface area contributed by atoms with Crippen LogP contribution < -0.4 is 11.2 Å². The summed E-state index contributed by atoms with van der Waals surface area (Å²) in [6, 6.07) is 10.0. The zero-order valence-corrected chi connectivity index (χ0v) is 17.5. The molecule has 0 saturated carbocycles. The molecule has 156 valence electrons. The van der Waals surface area contributed by atoms with Crippen molar-refractivity contribution >= 4 is 16.9 Å². The van der Waals surface area contributed by atoms with Crippen molar-refractivity contribution in [3.63, 3.8) is 0 Å². The minimum Gasteiger partial charge on any atom is -0.336 e. The maximum absolute atomic E-state index is 13.0. The summed E-state index contributed by atoms with van der Waals surface area (Å²) in [7, 11) is 2.98. The van der Waals surface area contributed by atoms with E-state index in [-0.39, 0.29) is 16.9 Å². The number of aromatic nitrogens is 3. The molecule has 3 heterocycles. The second-order valence-electron chi connectivity index (χ2n) is 7.86. The van der Waals surface area contributed by atoms with Gasteiger partial charge in [0.2, 0.25) is 0 Å². The molecule has 1 saturated heterocycles. The number of amides is 1. The lowest BCUT2D eigenvalue weighted by Crippen LogP contribution is -2.48. The molecule has 8 nitrogen and oxygen atoms in total. The van der Waals surface area contributed by atoms with E-state index in [1.807, 2.05) is 0 Å². The van der Waals surface area contributed by atoms with Crippen LogP contribution in [0.4, 0.5) is 0 Å². The van der Waals surface area contributed by atoms with Crippen molar-refractivity contribution in [3.05, 3.63) is 74.1 Å². The molecule has 2 aromatic heterocycles. The average Bonchev–Trinajstić information content (AvgIpc) is 2.76. The van der Waals surface area contributed by atoms with Crippen LogP contribution in [0.25, 0.3) is 11.0 Å². The van der Waals surface area contributed by atoms with Crippen LogP contribution in [0, 0.1) is 6.92 Å². The molecule has 0 aliphatic carbocycles. The van der Waals surface area contributed by atoms with Gasteiger partial charge in [0.25, 0.3) is 11.5 Å². The third kappa shape index (κ3) is 3.66. The lowest BCUT2D eigenvalue weighted by molar-refractivity contribution is 0.0628. The van der Waals surface area contributed by atoms with E-state index in [9.17, 15) is 14.4 Å². The maximum atomic E-state index is 13.0. The van der Waals surface area contributed by atoms with Crippen LogP contribution in [-0.2, 0) is 20.6 Å². The van der Waals surface area contributed by atoms with Crippen molar-refractivity contribution < 1.29 is 4.79 Å². The van der Waals surface area contributed by atoms with Crippen molar-refractivity contribution in [3.8, 4) is 0 Å². The Morgan fingerprint density at radius 1 is 1.03 bits per heavy atom. The van der Waals surface area contributed by atoms with Crippen LogP contribution in [0.2, 0.25) is 0 Å². The highest BCUT2D eigenvalue weighted by atomic mass is 16.2. The van der Waals surface area contributed by atoms with Crippen LogP contribution in [0.3, 0.4) is 0 Å². The average molecular weight is 407 g/mol. The van der Waals surface area contributed by atoms with Gasteiger partial charge in [0, 0.05) is 53.0 Å². The first-order valence-corrected chi connectivity index (χ1v) is 9.98. The molecule has 1 aromatic carbocycles. The Hall–Kier alpha value is -3.26. The molecular weight excluding hydrogens is 382 g/mol. The molecule has 1 amide bonds. The minimum atomic E-state index is -0.446. The first-order chi connectivity index (χ1) is 14.3. The monoisotopic (exact) mass is 407 g/mol. The van der Waals surface area contributed by atoms with Crippen LogP contribution in [-0.4, -0.2) is 56.0 Å². The van der Waals surface area contributed by atoms with Gasteiger partial charge in [-0.25, -0.2) is 9.78 Å². The van der Waals surface area contributed by atoms with Gasteiger partial charge in [-0.1, -0.05) is 29.8 Å². The van der Waals surface area contributed by atoms with E-state index in [0.717, 1.165) is 24.2 Å². The predicted octanol–water partition coefficient (Wildman–Crippen LogP) is 0.899. The molecule has 30 heavy (non-hydrogen) atoms. The van der Waals surface area contributed by atoms with E-state index < -0.39 is 11.2 Å². The highest BCUT2D eigenvalue weighted by Crippen LogP contribution is 2.14. The van der Waals surface area contributed by atoms with Crippen molar-refractivity contribution in [1.29, 1.82) is 0 Å². The number of hydrogen-bond acceptors (Lipinski definition) is 5. The van der Waals surface area contributed by atoms with E-state index in [4.69, 9.17) is 0 Å². The molecule has 0 N–H and O–H groups in total. The molecule has 0 atom stereocenters. The largest absolute Gasteiger partial charge is 0.336 e. The fourth-order valence-corrected chi connectivity index (χ4v) is 3.94. The van der Waals surface area contributed by atoms with E-state index >= 15 is 0 Å². The molecule has 8 heteroatoms. The van der Waals surface area contributed by atoms with Crippen LogP contribution in [0.5, 0.6) is 0 Å². The molecular formula is C22H25N5O3. The first-order valence-electron chi connectivity index (χ1n) is 9.98. The van der Waals surface area contributed by atoms with Gasteiger partial charge in [0.05, 0.1) is 10.9 Å². The molecule has 4 rings (SSSR count). The van der Waals surface area contributed by atoms with Crippen LogP contribution >= 0.6 is 0 Å². The number of pyridine rings is 1. The van der Waals surface area contributed by atoms with Gasteiger partial charge in [-0.05, 0) is 18.6 Å². The van der Waals surface area contributed by atoms with Gasteiger partial charge in [-0.2, -0.15) is 0 Å². The SMILES string of the molecule is Cc1cccc(CN2CCN(C(=O)c3cnc4c(c3)c(=O)n(C)c(=O)n4C)CC2)c1. The predicted molar refractivity (Wildman–Crippen MR) is 115 cm³/mol. The Kier molecular flexibility index (Phi) is 5.26. The highest BCUT2D eigenvalue weighted by molar-refractivity contribution is 5.96. The molecule has 0 bridgehead atoms. The topological polar surface area (TPSA) is 80.4 Å². The number of benzene rings is 1. The van der Waals surface area contributed by atoms with Crippen molar-refractivity contribution in [2.45, 2.75) is 13.5 Å². The second-order valence-corrected chi connectivity index (χ2v) is 7.86. The summed E-state index contributed by atoms with van der Waals surface area (Å²) < 4.78 is 2.34. The summed E-state index contributed by atoms with van der Waals surface area (Å²) in [5, 5.41) is 0.267. The summed E-state index contributed by atoms with van der Waals surface area (Å²) in [6.07, 6.45) is 1.45. The maximum Gasteiger partial charge on any atom is 0.332 e. The smallest absolute Gasteiger partial charge is 0.332 e. The summed E-state index contributed by atoms with van der Waals surface area (Å²) in [5.74, 6) is -0.143. The zero-order chi connectivity index (χ0) is 21.4. The summed E-state index contributed by atoms with van der Waals surface area (Å²) in [4.78, 5) is 45.9. The van der Waals surface area contributed by atoms with Gasteiger partial charge in [-0.3, -0.25) is 23.6 Å². The third-order valence-corrected chi connectivity index (χ3v) is 5.69. The standard InChI is InChI=1S/C22H25N5O3/c1-15-5-4-6-16(11-15)14-26-7-9-27(10-8-26)20(28)17-12-18-19(23-13-17)24(2)22(30)25(3)21(18)29/h4-6,11-13H,7-10,14H2,1-3H3. The normalized spacial score (nSPS) is 15.0. The Balaban J connectivity index is 1.50. The van der Waals surface area contributed by atoms with Gasteiger partial charge >= 0.3 is 5.69 Å². The number of fused-ring (bicyclic) bond motifs is 1. The Bertz CT molecular complexity index is 1240. The van der Waals surface area contributed by atoms with Crippen LogP contribution in [0.15, 0.2) is 46.1 Å². The van der Waals surface area contributed by atoms with Crippen molar-refractivity contribution in [2.24, 2.45) is 14.1 Å². The second kappa shape index (κ2) is 7.87. The number of carbonyl (C=O) groups is 1. The van der Waals surface area contributed by atoms with Gasteiger partial charge < -0.3 is 4.90 Å².